The third-order valence-corrected chi connectivity index (χ3v) is 3.64. The fraction of sp³-hybridized carbons (Fsp3) is 0.158. The Hall–Kier alpha value is -3.12. The smallest absolute Gasteiger partial charge is 0.229 e. The molecule has 1 aromatic heterocycles. The molecule has 0 fully saturated rings. The molecule has 0 aliphatic rings. The molecule has 0 spiro atoms. The number of methoxy groups -OCH3 is 1. The first kappa shape index (κ1) is 16.7. The molecule has 6 nitrogen and oxygen atoms in total. The molecule has 0 amide bonds. The zero-order chi connectivity index (χ0) is 17.5. The zero-order valence-electron chi connectivity index (χ0n) is 13.9. The van der Waals surface area contributed by atoms with E-state index in [9.17, 15) is 5.11 Å². The van der Waals surface area contributed by atoms with E-state index in [0.717, 1.165) is 11.3 Å². The van der Waals surface area contributed by atoms with E-state index in [4.69, 9.17) is 4.74 Å². The number of anilines is 3. The van der Waals surface area contributed by atoms with Crippen LogP contribution >= 0.6 is 0 Å². The molecule has 0 aliphatic heterocycles. The van der Waals surface area contributed by atoms with Crippen molar-refractivity contribution in [3.63, 3.8) is 0 Å². The van der Waals surface area contributed by atoms with Crippen LogP contribution in [0.25, 0.3) is 0 Å². The van der Waals surface area contributed by atoms with Crippen molar-refractivity contribution in [2.24, 2.45) is 0 Å². The van der Waals surface area contributed by atoms with Crippen molar-refractivity contribution in [3.05, 3.63) is 72.4 Å². The zero-order valence-corrected chi connectivity index (χ0v) is 13.9. The highest BCUT2D eigenvalue weighted by molar-refractivity contribution is 5.54. The van der Waals surface area contributed by atoms with E-state index < -0.39 is 6.10 Å². The summed E-state index contributed by atoms with van der Waals surface area (Å²) in [5.74, 6) is 1.84. The number of para-hydroxylation sites is 1. The van der Waals surface area contributed by atoms with Gasteiger partial charge in [0.15, 0.2) is 0 Å². The Labute approximate surface area is 146 Å². The summed E-state index contributed by atoms with van der Waals surface area (Å²) < 4.78 is 5.18. The lowest BCUT2D eigenvalue weighted by Gasteiger charge is -2.14. The van der Waals surface area contributed by atoms with Crippen LogP contribution in [-0.2, 0) is 0 Å². The molecule has 3 N–H and O–H groups in total. The summed E-state index contributed by atoms with van der Waals surface area (Å²) in [6, 6.07) is 18.8. The minimum Gasteiger partial charge on any atom is -0.497 e. The second-order valence-corrected chi connectivity index (χ2v) is 5.43. The highest BCUT2D eigenvalue weighted by Gasteiger charge is 2.09. The molecular formula is C19H20N4O2. The summed E-state index contributed by atoms with van der Waals surface area (Å²) in [4.78, 5) is 8.60. The molecule has 3 aromatic rings. The van der Waals surface area contributed by atoms with Crippen molar-refractivity contribution >= 4 is 17.5 Å². The maximum atomic E-state index is 10.3. The van der Waals surface area contributed by atoms with Gasteiger partial charge in [-0.25, -0.2) is 4.98 Å². The molecule has 0 radical (unpaired) electrons. The van der Waals surface area contributed by atoms with Crippen molar-refractivity contribution < 1.29 is 9.84 Å². The highest BCUT2D eigenvalue weighted by atomic mass is 16.5. The van der Waals surface area contributed by atoms with Gasteiger partial charge in [0.1, 0.15) is 11.6 Å². The first-order chi connectivity index (χ1) is 12.2. The van der Waals surface area contributed by atoms with Gasteiger partial charge in [-0.2, -0.15) is 4.98 Å². The quantitative estimate of drug-likeness (QED) is 0.614. The number of hydrogen-bond acceptors (Lipinski definition) is 6. The number of nitrogens with one attached hydrogen (secondary N) is 2. The highest BCUT2D eigenvalue weighted by Crippen LogP contribution is 2.20. The van der Waals surface area contributed by atoms with E-state index in [1.807, 2.05) is 54.6 Å². The third-order valence-electron chi connectivity index (χ3n) is 3.64. The molecular weight excluding hydrogens is 316 g/mol. The molecule has 1 heterocycles. The van der Waals surface area contributed by atoms with E-state index in [1.165, 1.54) is 0 Å². The molecule has 0 aliphatic carbocycles. The summed E-state index contributed by atoms with van der Waals surface area (Å²) in [6.45, 7) is 0.328. The predicted molar refractivity (Wildman–Crippen MR) is 98.2 cm³/mol. The van der Waals surface area contributed by atoms with Crippen LogP contribution in [-0.4, -0.2) is 28.7 Å². The standard InChI is InChI=1S/C19H20N4O2/c1-25-16-9-5-6-14(12-16)17(24)13-21-18-10-11-20-19(23-18)22-15-7-3-2-4-8-15/h2-12,17,24H,13H2,1H3,(H2,20,21,22,23). The van der Waals surface area contributed by atoms with Gasteiger partial charge < -0.3 is 20.5 Å². The molecule has 6 heteroatoms. The fourth-order valence-corrected chi connectivity index (χ4v) is 2.34. The molecule has 0 saturated carbocycles. The summed E-state index contributed by atoms with van der Waals surface area (Å²) in [5, 5.41) is 16.6. The Balaban J connectivity index is 1.62. The lowest BCUT2D eigenvalue weighted by molar-refractivity contribution is 0.191. The normalized spacial score (nSPS) is 11.6. The van der Waals surface area contributed by atoms with Gasteiger partial charge in [0.05, 0.1) is 13.2 Å². The average Bonchev–Trinajstić information content (AvgIpc) is 2.67. The van der Waals surface area contributed by atoms with Crippen LogP contribution in [0.4, 0.5) is 17.5 Å². The predicted octanol–water partition coefficient (Wildman–Crippen LogP) is 3.37. The molecule has 1 unspecified atom stereocenters. The lowest BCUT2D eigenvalue weighted by Crippen LogP contribution is -2.13. The Morgan fingerprint density at radius 2 is 1.92 bits per heavy atom. The van der Waals surface area contributed by atoms with Gasteiger partial charge in [0, 0.05) is 18.4 Å². The Morgan fingerprint density at radius 1 is 1.08 bits per heavy atom. The summed E-state index contributed by atoms with van der Waals surface area (Å²) >= 11 is 0. The summed E-state index contributed by atoms with van der Waals surface area (Å²) in [6.07, 6.45) is 0.994. The molecule has 1 atom stereocenters. The van der Waals surface area contributed by atoms with Gasteiger partial charge >= 0.3 is 0 Å². The van der Waals surface area contributed by atoms with Gasteiger partial charge in [0.25, 0.3) is 0 Å². The van der Waals surface area contributed by atoms with E-state index in [-0.39, 0.29) is 0 Å². The van der Waals surface area contributed by atoms with Crippen molar-refractivity contribution in [2.75, 3.05) is 24.3 Å². The van der Waals surface area contributed by atoms with E-state index >= 15 is 0 Å². The number of hydrogen-bond donors (Lipinski definition) is 3. The first-order valence-electron chi connectivity index (χ1n) is 7.95. The van der Waals surface area contributed by atoms with Gasteiger partial charge in [0.2, 0.25) is 5.95 Å². The topological polar surface area (TPSA) is 79.3 Å². The van der Waals surface area contributed by atoms with Gasteiger partial charge in [-0.15, -0.1) is 0 Å². The van der Waals surface area contributed by atoms with Crippen LogP contribution in [0.5, 0.6) is 5.75 Å². The second kappa shape index (κ2) is 8.12. The van der Waals surface area contributed by atoms with E-state index in [2.05, 4.69) is 20.6 Å². The fourth-order valence-electron chi connectivity index (χ4n) is 2.34. The van der Waals surface area contributed by atoms with Crippen molar-refractivity contribution in [1.29, 1.82) is 0 Å². The van der Waals surface area contributed by atoms with Crippen LogP contribution < -0.4 is 15.4 Å². The van der Waals surface area contributed by atoms with Crippen LogP contribution in [0.1, 0.15) is 11.7 Å². The number of benzene rings is 2. The monoisotopic (exact) mass is 336 g/mol. The molecule has 0 bridgehead atoms. The van der Waals surface area contributed by atoms with Crippen LogP contribution in [0.3, 0.4) is 0 Å². The Kier molecular flexibility index (Phi) is 5.43. The minimum atomic E-state index is -0.671. The largest absolute Gasteiger partial charge is 0.497 e. The molecule has 25 heavy (non-hydrogen) atoms. The average molecular weight is 336 g/mol. The number of ether oxygens (including phenoxy) is 1. The molecule has 2 aromatic carbocycles. The second-order valence-electron chi connectivity index (χ2n) is 5.43. The Morgan fingerprint density at radius 3 is 2.72 bits per heavy atom. The maximum Gasteiger partial charge on any atom is 0.229 e. The lowest BCUT2D eigenvalue weighted by atomic mass is 10.1. The molecule has 128 valence electrons. The first-order valence-corrected chi connectivity index (χ1v) is 7.95. The van der Waals surface area contributed by atoms with E-state index in [0.29, 0.717) is 24.1 Å². The number of rotatable bonds is 7. The van der Waals surface area contributed by atoms with Crippen molar-refractivity contribution in [1.82, 2.24) is 9.97 Å². The van der Waals surface area contributed by atoms with Crippen LogP contribution in [0.15, 0.2) is 66.9 Å². The summed E-state index contributed by atoms with van der Waals surface area (Å²) in [5.41, 5.74) is 1.69. The maximum absolute atomic E-state index is 10.3. The van der Waals surface area contributed by atoms with Crippen LogP contribution in [0, 0.1) is 0 Å². The molecule has 0 saturated heterocycles. The minimum absolute atomic E-state index is 0.328. The van der Waals surface area contributed by atoms with Crippen molar-refractivity contribution in [2.45, 2.75) is 6.10 Å². The summed E-state index contributed by atoms with van der Waals surface area (Å²) in [7, 11) is 1.60. The van der Waals surface area contributed by atoms with Crippen LogP contribution in [0.2, 0.25) is 0 Å². The van der Waals surface area contributed by atoms with Gasteiger partial charge in [-0.3, -0.25) is 0 Å². The number of nitrogens with zero attached hydrogens (tertiary/aromatic N) is 2. The van der Waals surface area contributed by atoms with E-state index in [1.54, 1.807) is 19.4 Å². The third kappa shape index (κ3) is 4.68. The number of aliphatic hydroxyl groups is 1. The van der Waals surface area contributed by atoms with Gasteiger partial charge in [-0.05, 0) is 35.9 Å². The van der Waals surface area contributed by atoms with Crippen molar-refractivity contribution in [3.8, 4) is 5.75 Å². The SMILES string of the molecule is COc1cccc(C(O)CNc2ccnc(Nc3ccccc3)n2)c1. The number of aliphatic hydroxyl groups excluding tert-OH is 1. The Bertz CT molecular complexity index is 811. The molecule has 3 rings (SSSR count). The van der Waals surface area contributed by atoms with Gasteiger partial charge in [-0.1, -0.05) is 30.3 Å². The number of aromatic nitrogens is 2.